The third-order valence-electron chi connectivity index (χ3n) is 11.6. The lowest BCUT2D eigenvalue weighted by Gasteiger charge is -2.50. The van der Waals surface area contributed by atoms with Gasteiger partial charge in [0, 0.05) is 37.2 Å². The van der Waals surface area contributed by atoms with Gasteiger partial charge in [-0.25, -0.2) is 14.2 Å². The number of rotatable bonds is 7. The van der Waals surface area contributed by atoms with E-state index in [-0.39, 0.29) is 40.5 Å². The Kier molecular flexibility index (Phi) is 8.52. The molecule has 14 nitrogen and oxygen atoms in total. The standard InChI is InChI=1S/C40H31ClFN5O9/c1-43(2)35-30(46(53)54)17-24(18-31(35)47(55)56)44-36(49)26-13-12-25-27(33(26)38(44)51)19-28-37(50)45(23-10-6-9-22(41)16-23)39(52)40(28,21-7-4-3-5-8-21)34(25)20-11-14-32(48)29(42)15-20/h3-12,14-18,26-28,33-34,48H,13,19H2,1-2H3. The van der Waals surface area contributed by atoms with Crippen LogP contribution < -0.4 is 14.7 Å². The molecular formula is C40H31ClFN5O9. The molecule has 8 rings (SSSR count). The molecule has 2 aliphatic heterocycles. The van der Waals surface area contributed by atoms with Crippen molar-refractivity contribution in [2.75, 3.05) is 28.8 Å². The van der Waals surface area contributed by atoms with Crippen molar-refractivity contribution < 1.29 is 38.5 Å². The van der Waals surface area contributed by atoms with E-state index in [9.17, 15) is 39.7 Å². The Labute approximate surface area is 322 Å². The number of phenolic OH excluding ortho intramolecular Hbond substituents is 1. The summed E-state index contributed by atoms with van der Waals surface area (Å²) < 4.78 is 15.4. The van der Waals surface area contributed by atoms with Crippen LogP contribution in [0, 0.1) is 49.7 Å². The van der Waals surface area contributed by atoms with Gasteiger partial charge in [-0.15, -0.1) is 0 Å². The molecule has 6 atom stereocenters. The number of anilines is 3. The van der Waals surface area contributed by atoms with Crippen LogP contribution in [0.3, 0.4) is 0 Å². The second kappa shape index (κ2) is 13.1. The van der Waals surface area contributed by atoms with Crippen molar-refractivity contribution in [3.05, 3.63) is 139 Å². The molecule has 4 amide bonds. The summed E-state index contributed by atoms with van der Waals surface area (Å²) >= 11 is 6.34. The lowest BCUT2D eigenvalue weighted by atomic mass is 9.49. The van der Waals surface area contributed by atoms with Crippen molar-refractivity contribution in [1.29, 1.82) is 0 Å². The number of imide groups is 2. The fourth-order valence-electron chi connectivity index (χ4n) is 9.53. The summed E-state index contributed by atoms with van der Waals surface area (Å²) in [6.45, 7) is 0. The van der Waals surface area contributed by atoms with Crippen LogP contribution in [0.4, 0.5) is 32.8 Å². The van der Waals surface area contributed by atoms with Gasteiger partial charge in [-0.1, -0.05) is 65.7 Å². The van der Waals surface area contributed by atoms with Crippen molar-refractivity contribution in [1.82, 2.24) is 0 Å². The van der Waals surface area contributed by atoms with Gasteiger partial charge in [0.25, 0.3) is 0 Å². The number of carbonyl (C=O) groups excluding carboxylic acids is 4. The Morgan fingerprint density at radius 2 is 1.50 bits per heavy atom. The molecule has 0 spiro atoms. The van der Waals surface area contributed by atoms with E-state index in [0.717, 1.165) is 34.1 Å². The van der Waals surface area contributed by atoms with Crippen LogP contribution in [0.25, 0.3) is 0 Å². The van der Waals surface area contributed by atoms with Gasteiger partial charge in [0.05, 0.1) is 44.4 Å². The zero-order valence-corrected chi connectivity index (χ0v) is 30.4. The minimum absolute atomic E-state index is 0.0374. The molecule has 0 radical (unpaired) electrons. The van der Waals surface area contributed by atoms with E-state index < -0.39 is 91.4 Å². The van der Waals surface area contributed by atoms with Crippen LogP contribution >= 0.6 is 11.6 Å². The van der Waals surface area contributed by atoms with Crippen LogP contribution in [-0.2, 0) is 24.6 Å². The molecule has 0 bridgehead atoms. The maximum atomic E-state index is 15.4. The summed E-state index contributed by atoms with van der Waals surface area (Å²) in [7, 11) is 2.78. The van der Waals surface area contributed by atoms with Gasteiger partial charge in [-0.05, 0) is 60.2 Å². The molecule has 2 aliphatic carbocycles. The third kappa shape index (κ3) is 5.13. The van der Waals surface area contributed by atoms with E-state index in [1.54, 1.807) is 54.6 Å². The quantitative estimate of drug-likeness (QED) is 0.0949. The lowest BCUT2D eigenvalue weighted by Crippen LogP contribution is -2.53. The molecule has 1 N–H and O–H groups in total. The SMILES string of the molecule is CN(C)c1c([N+](=O)[O-])cc(N2C(=O)C3CC=C4C(CC5C(=O)N(c6cccc(Cl)c6)C(=O)C5(c5ccccc5)C4c4ccc(O)c(F)c4)C3C2=O)cc1[N+](=O)[O-]. The number of amides is 4. The number of fused-ring (bicyclic) bond motifs is 4. The first-order chi connectivity index (χ1) is 26.7. The number of aromatic hydroxyl groups is 1. The Morgan fingerprint density at radius 3 is 2.11 bits per heavy atom. The van der Waals surface area contributed by atoms with Gasteiger partial charge in [0.15, 0.2) is 17.3 Å². The monoisotopic (exact) mass is 779 g/mol. The number of carbonyl (C=O) groups is 4. The summed E-state index contributed by atoms with van der Waals surface area (Å²) in [5.74, 6) is -9.71. The zero-order chi connectivity index (χ0) is 40.0. The maximum Gasteiger partial charge on any atom is 0.301 e. The smallest absolute Gasteiger partial charge is 0.301 e. The van der Waals surface area contributed by atoms with Gasteiger partial charge in [0.1, 0.15) is 0 Å². The van der Waals surface area contributed by atoms with E-state index in [2.05, 4.69) is 0 Å². The molecular weight excluding hydrogens is 749 g/mol. The minimum Gasteiger partial charge on any atom is -0.505 e. The number of hydrogen-bond acceptors (Lipinski definition) is 10. The lowest BCUT2D eigenvalue weighted by molar-refractivity contribution is -0.392. The van der Waals surface area contributed by atoms with Crippen molar-refractivity contribution in [2.45, 2.75) is 24.2 Å². The predicted molar refractivity (Wildman–Crippen MR) is 201 cm³/mol. The molecule has 2 saturated heterocycles. The minimum atomic E-state index is -1.70. The molecule has 4 aromatic carbocycles. The second-order valence-electron chi connectivity index (χ2n) is 14.6. The fraction of sp³-hybridized carbons (Fsp3) is 0.250. The average molecular weight is 780 g/mol. The highest BCUT2D eigenvalue weighted by atomic mass is 35.5. The van der Waals surface area contributed by atoms with Crippen LogP contribution in [0.2, 0.25) is 5.02 Å². The highest BCUT2D eigenvalue weighted by Gasteiger charge is 2.70. The van der Waals surface area contributed by atoms with Gasteiger partial charge in [-0.3, -0.25) is 39.4 Å². The average Bonchev–Trinajstić information content (AvgIpc) is 3.56. The molecule has 1 saturated carbocycles. The van der Waals surface area contributed by atoms with Gasteiger partial charge in [-0.2, -0.15) is 0 Å². The van der Waals surface area contributed by atoms with Gasteiger partial charge >= 0.3 is 11.4 Å². The van der Waals surface area contributed by atoms with Crippen molar-refractivity contribution in [3.63, 3.8) is 0 Å². The molecule has 284 valence electrons. The number of hydrogen-bond donors (Lipinski definition) is 1. The normalized spacial score (nSPS) is 25.4. The van der Waals surface area contributed by atoms with Crippen LogP contribution in [0.5, 0.6) is 5.75 Å². The first-order valence-corrected chi connectivity index (χ1v) is 18.0. The third-order valence-corrected chi connectivity index (χ3v) is 11.9. The highest BCUT2D eigenvalue weighted by Crippen LogP contribution is 2.65. The van der Waals surface area contributed by atoms with E-state index in [4.69, 9.17) is 11.6 Å². The van der Waals surface area contributed by atoms with E-state index in [1.165, 1.54) is 31.1 Å². The van der Waals surface area contributed by atoms with E-state index in [0.29, 0.717) is 11.1 Å². The first-order valence-electron chi connectivity index (χ1n) is 17.6. The number of phenols is 1. The Morgan fingerprint density at radius 1 is 0.821 bits per heavy atom. The molecule has 4 aromatic rings. The molecule has 2 heterocycles. The van der Waals surface area contributed by atoms with Crippen molar-refractivity contribution >= 4 is 63.7 Å². The highest BCUT2D eigenvalue weighted by molar-refractivity contribution is 6.32. The van der Waals surface area contributed by atoms with Crippen LogP contribution in [-0.4, -0.2) is 52.7 Å². The van der Waals surface area contributed by atoms with Crippen molar-refractivity contribution in [2.24, 2.45) is 23.7 Å². The number of nitro groups is 2. The predicted octanol–water partition coefficient (Wildman–Crippen LogP) is 6.43. The number of allylic oxidation sites excluding steroid dienone is 2. The van der Waals surface area contributed by atoms with Crippen molar-refractivity contribution in [3.8, 4) is 5.75 Å². The molecule has 16 heteroatoms. The molecule has 0 aromatic heterocycles. The van der Waals surface area contributed by atoms with E-state index >= 15 is 9.18 Å². The van der Waals surface area contributed by atoms with E-state index in [1.807, 2.05) is 0 Å². The maximum absolute atomic E-state index is 15.4. The van der Waals surface area contributed by atoms with Crippen LogP contribution in [0.1, 0.15) is 29.9 Å². The summed E-state index contributed by atoms with van der Waals surface area (Å²) in [4.78, 5) is 84.8. The largest absolute Gasteiger partial charge is 0.505 e. The zero-order valence-electron chi connectivity index (χ0n) is 29.7. The Balaban J connectivity index is 1.33. The first kappa shape index (κ1) is 36.5. The Hall–Kier alpha value is -6.48. The molecule has 6 unspecified atom stereocenters. The summed E-state index contributed by atoms with van der Waals surface area (Å²) in [5.41, 5.74) is -2.39. The molecule has 56 heavy (non-hydrogen) atoms. The number of nitro benzene ring substituents is 2. The molecule has 3 fully saturated rings. The summed E-state index contributed by atoms with van der Waals surface area (Å²) in [5, 5.41) is 34.9. The molecule has 4 aliphatic rings. The fourth-order valence-corrected chi connectivity index (χ4v) is 9.72. The second-order valence-corrected chi connectivity index (χ2v) is 15.0. The number of halogens is 2. The van der Waals surface area contributed by atoms with Crippen LogP contribution in [0.15, 0.2) is 96.6 Å². The Bertz CT molecular complexity index is 2420. The topological polar surface area (TPSA) is 185 Å². The van der Waals surface area contributed by atoms with Gasteiger partial charge in [0.2, 0.25) is 23.6 Å². The number of benzene rings is 4. The summed E-state index contributed by atoms with van der Waals surface area (Å²) in [6, 6.07) is 20.4. The summed E-state index contributed by atoms with van der Waals surface area (Å²) in [6.07, 6.45) is 1.59. The number of nitrogens with zero attached hydrogens (tertiary/aromatic N) is 5. The van der Waals surface area contributed by atoms with Gasteiger partial charge < -0.3 is 10.0 Å².